The van der Waals surface area contributed by atoms with Gasteiger partial charge >= 0.3 is 0 Å². The Morgan fingerprint density at radius 2 is 1.92 bits per heavy atom. The highest BCUT2D eigenvalue weighted by atomic mass is 16.5. The van der Waals surface area contributed by atoms with Crippen LogP contribution in [0.25, 0.3) is 0 Å². The second kappa shape index (κ2) is 7.19. The first kappa shape index (κ1) is 16.1. The summed E-state index contributed by atoms with van der Waals surface area (Å²) in [7, 11) is 3.43. The van der Waals surface area contributed by atoms with E-state index >= 15 is 0 Å². The Morgan fingerprint density at radius 1 is 1.12 bits per heavy atom. The number of ether oxygens (including phenoxy) is 2. The predicted octanol–water partition coefficient (Wildman–Crippen LogP) is 3.09. The molecular formula is C19H20N2O3. The SMILES string of the molecule is COc1cc(C(O)c2nccn2C)ccc1OCc1ccccc1. The van der Waals surface area contributed by atoms with E-state index < -0.39 is 6.10 Å². The Hall–Kier alpha value is -2.79. The third kappa shape index (κ3) is 3.41. The Bertz CT molecular complexity index is 799. The van der Waals surface area contributed by atoms with Gasteiger partial charge in [0.2, 0.25) is 0 Å². The molecule has 0 spiro atoms. The molecule has 124 valence electrons. The van der Waals surface area contributed by atoms with Crippen molar-refractivity contribution in [2.45, 2.75) is 12.7 Å². The number of hydrogen-bond acceptors (Lipinski definition) is 4. The summed E-state index contributed by atoms with van der Waals surface area (Å²) in [4.78, 5) is 4.19. The molecule has 0 aliphatic heterocycles. The summed E-state index contributed by atoms with van der Waals surface area (Å²) in [5.74, 6) is 1.80. The summed E-state index contributed by atoms with van der Waals surface area (Å²) in [5.41, 5.74) is 1.78. The molecule has 0 aliphatic carbocycles. The van der Waals surface area contributed by atoms with Crippen molar-refractivity contribution in [2.75, 3.05) is 7.11 Å². The average molecular weight is 324 g/mol. The van der Waals surface area contributed by atoms with Crippen molar-refractivity contribution in [2.24, 2.45) is 7.05 Å². The van der Waals surface area contributed by atoms with Crippen molar-refractivity contribution >= 4 is 0 Å². The van der Waals surface area contributed by atoms with Crippen LogP contribution in [0.15, 0.2) is 60.9 Å². The van der Waals surface area contributed by atoms with Gasteiger partial charge in [0.05, 0.1) is 7.11 Å². The second-order valence-corrected chi connectivity index (χ2v) is 5.48. The lowest BCUT2D eigenvalue weighted by molar-refractivity contribution is 0.205. The lowest BCUT2D eigenvalue weighted by Gasteiger charge is -2.15. The Kier molecular flexibility index (Phi) is 4.82. The predicted molar refractivity (Wildman–Crippen MR) is 91.0 cm³/mol. The first-order valence-corrected chi connectivity index (χ1v) is 7.69. The maximum atomic E-state index is 10.5. The molecule has 0 bridgehead atoms. The van der Waals surface area contributed by atoms with E-state index in [0.717, 1.165) is 5.56 Å². The van der Waals surface area contributed by atoms with Gasteiger partial charge in [-0.15, -0.1) is 0 Å². The molecule has 1 N–H and O–H groups in total. The van der Waals surface area contributed by atoms with Crippen LogP contribution in [0, 0.1) is 0 Å². The van der Waals surface area contributed by atoms with E-state index in [2.05, 4.69) is 4.98 Å². The summed E-state index contributed by atoms with van der Waals surface area (Å²) in [6, 6.07) is 15.3. The Morgan fingerprint density at radius 3 is 2.58 bits per heavy atom. The minimum atomic E-state index is -0.818. The molecular weight excluding hydrogens is 304 g/mol. The summed E-state index contributed by atoms with van der Waals surface area (Å²) in [6.45, 7) is 0.457. The van der Waals surface area contributed by atoms with Crippen LogP contribution >= 0.6 is 0 Å². The minimum absolute atomic E-state index is 0.457. The zero-order valence-corrected chi connectivity index (χ0v) is 13.7. The fourth-order valence-electron chi connectivity index (χ4n) is 2.50. The highest BCUT2D eigenvalue weighted by Crippen LogP contribution is 2.32. The molecule has 5 nitrogen and oxygen atoms in total. The number of aliphatic hydroxyl groups is 1. The standard InChI is InChI=1S/C19H20N2O3/c1-21-11-10-20-19(21)18(22)15-8-9-16(17(12-15)23-2)24-13-14-6-4-3-5-7-14/h3-12,18,22H,13H2,1-2H3. The maximum Gasteiger partial charge on any atom is 0.161 e. The summed E-state index contributed by atoms with van der Waals surface area (Å²) < 4.78 is 13.0. The molecule has 24 heavy (non-hydrogen) atoms. The minimum Gasteiger partial charge on any atom is -0.493 e. The van der Waals surface area contributed by atoms with Crippen molar-refractivity contribution in [3.8, 4) is 11.5 Å². The number of imidazole rings is 1. The molecule has 1 heterocycles. The van der Waals surface area contributed by atoms with Crippen LogP contribution in [0.1, 0.15) is 23.1 Å². The first-order chi connectivity index (χ1) is 11.7. The molecule has 0 saturated carbocycles. The monoisotopic (exact) mass is 324 g/mol. The van der Waals surface area contributed by atoms with Crippen molar-refractivity contribution in [3.05, 3.63) is 77.9 Å². The highest BCUT2D eigenvalue weighted by molar-refractivity contribution is 5.44. The first-order valence-electron chi connectivity index (χ1n) is 7.69. The normalized spacial score (nSPS) is 12.0. The van der Waals surface area contributed by atoms with Crippen molar-refractivity contribution in [3.63, 3.8) is 0 Å². The lowest BCUT2D eigenvalue weighted by atomic mass is 10.1. The maximum absolute atomic E-state index is 10.5. The van der Waals surface area contributed by atoms with Gasteiger partial charge in [-0.2, -0.15) is 0 Å². The molecule has 0 radical (unpaired) electrons. The van der Waals surface area contributed by atoms with E-state index in [0.29, 0.717) is 29.5 Å². The van der Waals surface area contributed by atoms with Crippen molar-refractivity contribution in [1.29, 1.82) is 0 Å². The van der Waals surface area contributed by atoms with Crippen LogP contribution in [-0.4, -0.2) is 21.8 Å². The molecule has 1 aromatic heterocycles. The Balaban J connectivity index is 1.79. The molecule has 0 amide bonds. The fraction of sp³-hybridized carbons (Fsp3) is 0.211. The van der Waals surface area contributed by atoms with Crippen molar-refractivity contribution < 1.29 is 14.6 Å². The van der Waals surface area contributed by atoms with Gasteiger partial charge in [-0.05, 0) is 23.3 Å². The van der Waals surface area contributed by atoms with Crippen LogP contribution in [0.4, 0.5) is 0 Å². The van der Waals surface area contributed by atoms with Gasteiger partial charge in [0.15, 0.2) is 11.5 Å². The third-order valence-corrected chi connectivity index (χ3v) is 3.84. The smallest absolute Gasteiger partial charge is 0.161 e. The molecule has 1 unspecified atom stereocenters. The number of methoxy groups -OCH3 is 1. The van der Waals surface area contributed by atoms with Crippen LogP contribution in [0.2, 0.25) is 0 Å². The van der Waals surface area contributed by atoms with E-state index in [1.807, 2.05) is 49.5 Å². The van der Waals surface area contributed by atoms with Crippen LogP contribution in [0.5, 0.6) is 11.5 Å². The number of aliphatic hydroxyl groups excluding tert-OH is 1. The molecule has 0 fully saturated rings. The van der Waals surface area contributed by atoms with E-state index in [4.69, 9.17) is 9.47 Å². The van der Waals surface area contributed by atoms with Crippen molar-refractivity contribution in [1.82, 2.24) is 9.55 Å². The van der Waals surface area contributed by atoms with E-state index in [9.17, 15) is 5.11 Å². The highest BCUT2D eigenvalue weighted by Gasteiger charge is 2.17. The summed E-state index contributed by atoms with van der Waals surface area (Å²) in [5, 5.41) is 10.5. The number of hydrogen-bond donors (Lipinski definition) is 1. The molecule has 3 aromatic rings. The fourth-order valence-corrected chi connectivity index (χ4v) is 2.50. The second-order valence-electron chi connectivity index (χ2n) is 5.48. The zero-order valence-electron chi connectivity index (χ0n) is 13.7. The molecule has 1 atom stereocenters. The van der Waals surface area contributed by atoms with Crippen LogP contribution < -0.4 is 9.47 Å². The van der Waals surface area contributed by atoms with Crippen LogP contribution in [-0.2, 0) is 13.7 Å². The third-order valence-electron chi connectivity index (χ3n) is 3.84. The van der Waals surface area contributed by atoms with Crippen LogP contribution in [0.3, 0.4) is 0 Å². The van der Waals surface area contributed by atoms with Gasteiger partial charge in [-0.25, -0.2) is 4.98 Å². The number of rotatable bonds is 6. The van der Waals surface area contributed by atoms with Gasteiger partial charge < -0.3 is 19.1 Å². The van der Waals surface area contributed by atoms with Gasteiger partial charge in [0.1, 0.15) is 18.5 Å². The summed E-state index contributed by atoms with van der Waals surface area (Å²) >= 11 is 0. The molecule has 0 aliphatic rings. The lowest BCUT2D eigenvalue weighted by Crippen LogP contribution is -2.07. The Labute approximate surface area is 141 Å². The van der Waals surface area contributed by atoms with E-state index in [1.54, 1.807) is 30.1 Å². The molecule has 2 aromatic carbocycles. The largest absolute Gasteiger partial charge is 0.493 e. The van der Waals surface area contributed by atoms with Gasteiger partial charge in [-0.1, -0.05) is 36.4 Å². The molecule has 5 heteroatoms. The molecule has 0 saturated heterocycles. The number of aryl methyl sites for hydroxylation is 1. The topological polar surface area (TPSA) is 56.5 Å². The average Bonchev–Trinajstić information content (AvgIpc) is 3.06. The van der Waals surface area contributed by atoms with Gasteiger partial charge in [0, 0.05) is 19.4 Å². The number of nitrogens with zero attached hydrogens (tertiary/aromatic N) is 2. The number of benzene rings is 2. The van der Waals surface area contributed by atoms with Gasteiger partial charge in [0.25, 0.3) is 0 Å². The quantitative estimate of drug-likeness (QED) is 0.757. The zero-order chi connectivity index (χ0) is 16.9. The summed E-state index contributed by atoms with van der Waals surface area (Å²) in [6.07, 6.45) is 2.64. The van der Waals surface area contributed by atoms with E-state index in [1.165, 1.54) is 0 Å². The van der Waals surface area contributed by atoms with E-state index in [-0.39, 0.29) is 0 Å². The van der Waals surface area contributed by atoms with Gasteiger partial charge in [-0.3, -0.25) is 0 Å². The molecule has 3 rings (SSSR count). The number of aromatic nitrogens is 2.